The van der Waals surface area contributed by atoms with Crippen LogP contribution in [0.25, 0.3) is 0 Å². The van der Waals surface area contributed by atoms with E-state index in [1.807, 2.05) is 30.3 Å². The Hall–Kier alpha value is -1.96. The lowest BCUT2D eigenvalue weighted by Crippen LogP contribution is -2.46. The second-order valence-electron chi connectivity index (χ2n) is 7.51. The molecule has 1 aromatic rings. The van der Waals surface area contributed by atoms with Crippen LogP contribution in [0.5, 0.6) is 0 Å². The molecule has 152 valence electrons. The fourth-order valence-corrected chi connectivity index (χ4v) is 4.59. The van der Waals surface area contributed by atoms with Crippen molar-refractivity contribution in [1.29, 1.82) is 0 Å². The zero-order chi connectivity index (χ0) is 19.0. The molecule has 3 saturated heterocycles. The maximum atomic E-state index is 12.8. The minimum absolute atomic E-state index is 0. The first-order valence-electron chi connectivity index (χ1n) is 9.62. The van der Waals surface area contributed by atoms with Crippen LogP contribution in [0.15, 0.2) is 30.3 Å². The molecule has 3 aliphatic rings. The summed E-state index contributed by atoms with van der Waals surface area (Å²) >= 11 is 0. The number of amides is 3. The van der Waals surface area contributed by atoms with Gasteiger partial charge in [0.2, 0.25) is 17.7 Å². The van der Waals surface area contributed by atoms with Crippen molar-refractivity contribution in [3.05, 3.63) is 35.9 Å². The molecule has 0 radical (unpaired) electrons. The predicted molar refractivity (Wildman–Crippen MR) is 105 cm³/mol. The van der Waals surface area contributed by atoms with Gasteiger partial charge in [-0.05, 0) is 24.8 Å². The summed E-state index contributed by atoms with van der Waals surface area (Å²) in [6.07, 6.45) is 2.04. The lowest BCUT2D eigenvalue weighted by Gasteiger charge is -2.25. The van der Waals surface area contributed by atoms with Gasteiger partial charge in [-0.2, -0.15) is 0 Å². The number of ether oxygens (including phenoxy) is 1. The second-order valence-corrected chi connectivity index (χ2v) is 7.51. The minimum atomic E-state index is -0.392. The standard InChI is InChI=1S/C20H25N3O4.ClH/c21-9-11-22(10-8-13-4-2-1-3-5-13)16(24)12-23-19(25)17-14-6-7-15(27-14)18(17)20(23)26;/h1-5,14-15,17-18H,6-12,21H2;1H. The molecule has 3 aliphatic heterocycles. The molecular weight excluding hydrogens is 382 g/mol. The smallest absolute Gasteiger partial charge is 0.242 e. The van der Waals surface area contributed by atoms with Crippen LogP contribution < -0.4 is 5.73 Å². The molecule has 7 nitrogen and oxygen atoms in total. The Morgan fingerprint density at radius 3 is 2.25 bits per heavy atom. The van der Waals surface area contributed by atoms with Crippen LogP contribution in [-0.2, 0) is 25.5 Å². The highest BCUT2D eigenvalue weighted by Gasteiger charge is 2.62. The molecule has 0 aliphatic carbocycles. The number of imide groups is 1. The van der Waals surface area contributed by atoms with Crippen molar-refractivity contribution in [2.75, 3.05) is 26.2 Å². The molecule has 0 spiro atoms. The summed E-state index contributed by atoms with van der Waals surface area (Å²) in [5, 5.41) is 0. The number of hydrogen-bond donors (Lipinski definition) is 1. The van der Waals surface area contributed by atoms with Gasteiger partial charge < -0.3 is 15.4 Å². The molecule has 2 N–H and O–H groups in total. The summed E-state index contributed by atoms with van der Waals surface area (Å²) < 4.78 is 5.73. The normalized spacial score (nSPS) is 27.7. The minimum Gasteiger partial charge on any atom is -0.373 e. The topological polar surface area (TPSA) is 92.9 Å². The van der Waals surface area contributed by atoms with Crippen molar-refractivity contribution in [2.24, 2.45) is 17.6 Å². The number of hydrogen-bond acceptors (Lipinski definition) is 5. The number of likely N-dealkylation sites (tertiary alicyclic amines) is 1. The molecule has 3 amide bonds. The van der Waals surface area contributed by atoms with E-state index in [1.54, 1.807) is 4.90 Å². The number of benzene rings is 1. The van der Waals surface area contributed by atoms with Crippen LogP contribution in [0, 0.1) is 11.8 Å². The van der Waals surface area contributed by atoms with E-state index in [4.69, 9.17) is 10.5 Å². The van der Waals surface area contributed by atoms with Gasteiger partial charge in [-0.15, -0.1) is 12.4 Å². The third-order valence-corrected chi connectivity index (χ3v) is 5.93. The van der Waals surface area contributed by atoms with E-state index in [9.17, 15) is 14.4 Å². The second kappa shape index (κ2) is 8.59. The molecule has 3 heterocycles. The highest BCUT2D eigenvalue weighted by molar-refractivity contribution is 6.08. The van der Waals surface area contributed by atoms with Crippen molar-refractivity contribution in [1.82, 2.24) is 9.80 Å². The fourth-order valence-electron chi connectivity index (χ4n) is 4.59. The van der Waals surface area contributed by atoms with Crippen molar-refractivity contribution in [3.8, 4) is 0 Å². The van der Waals surface area contributed by atoms with Crippen LogP contribution in [0.1, 0.15) is 18.4 Å². The van der Waals surface area contributed by atoms with E-state index in [0.717, 1.165) is 23.3 Å². The van der Waals surface area contributed by atoms with Crippen LogP contribution in [0.2, 0.25) is 0 Å². The van der Waals surface area contributed by atoms with Gasteiger partial charge in [0, 0.05) is 19.6 Å². The number of rotatable bonds is 7. The quantitative estimate of drug-likeness (QED) is 0.668. The third kappa shape index (κ3) is 3.66. The summed E-state index contributed by atoms with van der Waals surface area (Å²) in [5.74, 6) is -1.51. The average molecular weight is 408 g/mol. The Morgan fingerprint density at radius 2 is 1.68 bits per heavy atom. The number of fused-ring (bicyclic) bond motifs is 5. The van der Waals surface area contributed by atoms with Crippen LogP contribution in [0.4, 0.5) is 0 Å². The predicted octanol–water partition coefficient (Wildman–Crippen LogP) is 0.601. The van der Waals surface area contributed by atoms with Crippen LogP contribution in [0.3, 0.4) is 0 Å². The molecule has 28 heavy (non-hydrogen) atoms. The molecule has 1 aromatic carbocycles. The maximum absolute atomic E-state index is 12.8. The van der Waals surface area contributed by atoms with Crippen molar-refractivity contribution in [3.63, 3.8) is 0 Å². The van der Waals surface area contributed by atoms with Gasteiger partial charge in [0.05, 0.1) is 24.0 Å². The van der Waals surface area contributed by atoms with E-state index in [2.05, 4.69) is 0 Å². The first kappa shape index (κ1) is 20.8. The van der Waals surface area contributed by atoms with Gasteiger partial charge in [0.15, 0.2) is 0 Å². The Balaban J connectivity index is 0.00000225. The van der Waals surface area contributed by atoms with Crippen LogP contribution in [-0.4, -0.2) is 65.9 Å². The third-order valence-electron chi connectivity index (χ3n) is 5.93. The Kier molecular flexibility index (Phi) is 6.37. The van der Waals surface area contributed by atoms with E-state index >= 15 is 0 Å². The average Bonchev–Trinajstić information content (AvgIpc) is 3.36. The lowest BCUT2D eigenvalue weighted by atomic mass is 9.81. The van der Waals surface area contributed by atoms with Gasteiger partial charge in [-0.25, -0.2) is 0 Å². The number of carbonyl (C=O) groups is 3. The molecule has 3 fully saturated rings. The zero-order valence-corrected chi connectivity index (χ0v) is 16.5. The van der Waals surface area contributed by atoms with Crippen molar-refractivity contribution < 1.29 is 19.1 Å². The highest BCUT2D eigenvalue weighted by atomic mass is 35.5. The van der Waals surface area contributed by atoms with Crippen molar-refractivity contribution >= 4 is 30.1 Å². The fraction of sp³-hybridized carbons (Fsp3) is 0.550. The number of nitrogens with zero attached hydrogens (tertiary/aromatic N) is 2. The number of nitrogens with two attached hydrogens (primary N) is 1. The molecule has 4 atom stereocenters. The largest absolute Gasteiger partial charge is 0.373 e. The van der Waals surface area contributed by atoms with Gasteiger partial charge in [0.25, 0.3) is 0 Å². The van der Waals surface area contributed by atoms with Gasteiger partial charge in [-0.1, -0.05) is 30.3 Å². The lowest BCUT2D eigenvalue weighted by molar-refractivity contribution is -0.148. The van der Waals surface area contributed by atoms with E-state index in [1.165, 1.54) is 0 Å². The number of halogens is 1. The summed E-state index contributed by atoms with van der Waals surface area (Å²) in [6.45, 7) is 1.06. The SMILES string of the molecule is Cl.NCCN(CCc1ccccc1)C(=O)CN1C(=O)C2C3CCC(O3)C2C1=O. The van der Waals surface area contributed by atoms with Gasteiger partial charge in [-0.3, -0.25) is 19.3 Å². The summed E-state index contributed by atoms with van der Waals surface area (Å²) in [6, 6.07) is 9.89. The molecule has 4 unspecified atom stereocenters. The highest BCUT2D eigenvalue weighted by Crippen LogP contribution is 2.48. The van der Waals surface area contributed by atoms with E-state index in [-0.39, 0.29) is 48.9 Å². The Bertz CT molecular complexity index is 716. The van der Waals surface area contributed by atoms with E-state index < -0.39 is 11.8 Å². The van der Waals surface area contributed by atoms with Gasteiger partial charge >= 0.3 is 0 Å². The molecule has 0 saturated carbocycles. The number of carbonyl (C=O) groups excluding carboxylic acids is 3. The summed E-state index contributed by atoms with van der Waals surface area (Å²) in [7, 11) is 0. The van der Waals surface area contributed by atoms with Crippen LogP contribution >= 0.6 is 12.4 Å². The Labute approximate surface area is 170 Å². The van der Waals surface area contributed by atoms with Gasteiger partial charge in [0.1, 0.15) is 6.54 Å². The summed E-state index contributed by atoms with van der Waals surface area (Å²) in [4.78, 5) is 41.0. The summed E-state index contributed by atoms with van der Waals surface area (Å²) in [5.41, 5.74) is 6.79. The molecular formula is C20H26ClN3O4. The van der Waals surface area contributed by atoms with Crippen molar-refractivity contribution in [2.45, 2.75) is 31.5 Å². The van der Waals surface area contributed by atoms with E-state index in [0.29, 0.717) is 26.1 Å². The molecule has 8 heteroatoms. The monoisotopic (exact) mass is 407 g/mol. The molecule has 4 rings (SSSR count). The Morgan fingerprint density at radius 1 is 1.07 bits per heavy atom. The first-order valence-corrected chi connectivity index (χ1v) is 9.62. The molecule has 2 bridgehead atoms. The molecule has 0 aromatic heterocycles. The first-order chi connectivity index (χ1) is 13.1. The zero-order valence-electron chi connectivity index (χ0n) is 15.7. The maximum Gasteiger partial charge on any atom is 0.242 e.